The number of anilines is 1. The fourth-order valence-corrected chi connectivity index (χ4v) is 2.81. The fourth-order valence-electron chi connectivity index (χ4n) is 2.81. The Morgan fingerprint density at radius 2 is 1.79 bits per heavy atom. The standard InChI is InChI=1S/C22H23F2N7.CO2/c1-22(2,3)20-6-4-5-14(28-20)11-27-12-19(31-26)18-10-17(29-21(25)30-18)15-9-13(23)7-8-16(15)24;2-1-3/h4-10,12H,11,26H2,1-3H3,(H2,25,29,30);. The number of nitrogen functional groups attached to an aromatic ring is 1. The molecule has 0 unspecified atom stereocenters. The van der Waals surface area contributed by atoms with Gasteiger partial charge in [-0.1, -0.05) is 26.8 Å². The van der Waals surface area contributed by atoms with E-state index in [1.54, 1.807) is 0 Å². The van der Waals surface area contributed by atoms with Crippen LogP contribution in [0.2, 0.25) is 0 Å². The zero-order valence-corrected chi connectivity index (χ0v) is 18.8. The topological polar surface area (TPSA) is 150 Å². The Morgan fingerprint density at radius 1 is 1.09 bits per heavy atom. The molecule has 3 rings (SSSR count). The average Bonchev–Trinajstić information content (AvgIpc) is 2.78. The van der Waals surface area contributed by atoms with Gasteiger partial charge >= 0.3 is 6.15 Å². The summed E-state index contributed by atoms with van der Waals surface area (Å²) in [5.41, 5.74) is 7.92. The number of hydrazone groups is 1. The van der Waals surface area contributed by atoms with Gasteiger partial charge in [0.25, 0.3) is 0 Å². The number of nitrogens with zero attached hydrogens (tertiary/aromatic N) is 5. The highest BCUT2D eigenvalue weighted by molar-refractivity contribution is 6.37. The third-order valence-corrected chi connectivity index (χ3v) is 4.39. The van der Waals surface area contributed by atoms with E-state index in [-0.39, 0.29) is 40.2 Å². The molecule has 0 aliphatic heterocycles. The second-order valence-corrected chi connectivity index (χ2v) is 7.95. The lowest BCUT2D eigenvalue weighted by atomic mass is 9.91. The van der Waals surface area contributed by atoms with Crippen molar-refractivity contribution < 1.29 is 18.4 Å². The number of nitrogens with two attached hydrogens (primary N) is 2. The van der Waals surface area contributed by atoms with Gasteiger partial charge in [0.1, 0.15) is 17.3 Å². The monoisotopic (exact) mass is 467 g/mol. The molecule has 4 N–H and O–H groups in total. The van der Waals surface area contributed by atoms with Crippen LogP contribution >= 0.6 is 0 Å². The number of halogens is 2. The van der Waals surface area contributed by atoms with Crippen LogP contribution in [-0.4, -0.2) is 33.0 Å². The second-order valence-electron chi connectivity index (χ2n) is 7.95. The smallest absolute Gasteiger partial charge is 0.368 e. The molecule has 2 aromatic heterocycles. The molecule has 0 fully saturated rings. The van der Waals surface area contributed by atoms with Crippen LogP contribution in [-0.2, 0) is 21.5 Å². The van der Waals surface area contributed by atoms with Crippen LogP contribution < -0.4 is 11.6 Å². The molecule has 0 aliphatic rings. The van der Waals surface area contributed by atoms with Crippen LogP contribution in [0.3, 0.4) is 0 Å². The number of hydrogen-bond acceptors (Lipinski definition) is 9. The molecule has 3 aromatic rings. The van der Waals surface area contributed by atoms with Crippen molar-refractivity contribution in [3.8, 4) is 11.3 Å². The van der Waals surface area contributed by atoms with Gasteiger partial charge in [-0.2, -0.15) is 14.7 Å². The van der Waals surface area contributed by atoms with Gasteiger partial charge in [0, 0.05) is 16.7 Å². The van der Waals surface area contributed by atoms with Crippen LogP contribution in [0.4, 0.5) is 14.7 Å². The number of rotatable bonds is 5. The largest absolute Gasteiger partial charge is 0.373 e. The molecule has 0 saturated heterocycles. The maximum Gasteiger partial charge on any atom is 0.373 e. The van der Waals surface area contributed by atoms with Crippen molar-refractivity contribution in [1.29, 1.82) is 0 Å². The average molecular weight is 467 g/mol. The van der Waals surface area contributed by atoms with Gasteiger partial charge in [-0.3, -0.25) is 9.98 Å². The molecule has 11 heteroatoms. The van der Waals surface area contributed by atoms with Gasteiger partial charge < -0.3 is 11.6 Å². The van der Waals surface area contributed by atoms with Crippen LogP contribution in [0.15, 0.2) is 52.6 Å². The molecule has 0 spiro atoms. The highest BCUT2D eigenvalue weighted by Crippen LogP contribution is 2.23. The molecule has 176 valence electrons. The number of benzene rings is 1. The lowest BCUT2D eigenvalue weighted by molar-refractivity contribution is -0.191. The summed E-state index contributed by atoms with van der Waals surface area (Å²) in [7, 11) is 0. The predicted molar refractivity (Wildman–Crippen MR) is 123 cm³/mol. The number of aliphatic imine (C=N–C) groups is 1. The first kappa shape index (κ1) is 25.9. The highest BCUT2D eigenvalue weighted by Gasteiger charge is 2.16. The molecule has 0 radical (unpaired) electrons. The van der Waals surface area contributed by atoms with E-state index in [4.69, 9.17) is 21.2 Å². The van der Waals surface area contributed by atoms with Crippen molar-refractivity contribution in [3.63, 3.8) is 0 Å². The Morgan fingerprint density at radius 3 is 2.44 bits per heavy atom. The Balaban J connectivity index is 0.00000129. The Kier molecular flexibility index (Phi) is 8.74. The van der Waals surface area contributed by atoms with Crippen molar-refractivity contribution >= 4 is 24.0 Å². The first-order valence-electron chi connectivity index (χ1n) is 9.92. The highest BCUT2D eigenvalue weighted by atomic mass is 19.1. The summed E-state index contributed by atoms with van der Waals surface area (Å²) in [6, 6.07) is 10.3. The van der Waals surface area contributed by atoms with Gasteiger partial charge in [-0.15, -0.1) is 0 Å². The SMILES string of the molecule is CC(C)(C)c1cccc(CN=CC(=NN)c2cc(-c3cc(F)ccc3F)nc(N)n2)n1.O=C=O. The minimum Gasteiger partial charge on any atom is -0.368 e. The Bertz CT molecular complexity index is 1250. The van der Waals surface area contributed by atoms with Gasteiger partial charge in [0.2, 0.25) is 5.95 Å². The summed E-state index contributed by atoms with van der Waals surface area (Å²) in [6.07, 6.45) is 1.68. The first-order valence-corrected chi connectivity index (χ1v) is 9.92. The van der Waals surface area contributed by atoms with Crippen molar-refractivity contribution in [3.05, 3.63) is 71.2 Å². The summed E-state index contributed by atoms with van der Waals surface area (Å²) in [4.78, 5) is 33.3. The van der Waals surface area contributed by atoms with E-state index in [1.807, 2.05) is 18.2 Å². The molecular weight excluding hydrogens is 444 g/mol. The molecule has 2 heterocycles. The molecular formula is C23H23F2N7O2. The van der Waals surface area contributed by atoms with Gasteiger partial charge in [0.15, 0.2) is 0 Å². The summed E-state index contributed by atoms with van der Waals surface area (Å²) < 4.78 is 27.7. The lowest BCUT2D eigenvalue weighted by Crippen LogP contribution is -2.14. The quantitative estimate of drug-likeness (QED) is 0.333. The van der Waals surface area contributed by atoms with Crippen molar-refractivity contribution in [2.45, 2.75) is 32.7 Å². The van der Waals surface area contributed by atoms with Crippen molar-refractivity contribution in [2.24, 2.45) is 15.9 Å². The van der Waals surface area contributed by atoms with Crippen LogP contribution in [0.5, 0.6) is 0 Å². The van der Waals surface area contributed by atoms with Gasteiger partial charge in [0.05, 0.1) is 29.8 Å². The second kappa shape index (κ2) is 11.5. The Hall–Kier alpha value is -4.37. The summed E-state index contributed by atoms with van der Waals surface area (Å²) in [6.45, 7) is 6.55. The van der Waals surface area contributed by atoms with Crippen LogP contribution in [0.1, 0.15) is 37.9 Å². The van der Waals surface area contributed by atoms with E-state index in [0.29, 0.717) is 6.54 Å². The van der Waals surface area contributed by atoms with E-state index < -0.39 is 11.6 Å². The van der Waals surface area contributed by atoms with Crippen molar-refractivity contribution in [1.82, 2.24) is 15.0 Å². The third kappa shape index (κ3) is 7.07. The van der Waals surface area contributed by atoms with E-state index in [9.17, 15) is 8.78 Å². The summed E-state index contributed by atoms with van der Waals surface area (Å²) in [5, 5.41) is 3.70. The molecule has 9 nitrogen and oxygen atoms in total. The minimum atomic E-state index is -0.643. The zero-order chi connectivity index (χ0) is 25.3. The summed E-state index contributed by atoms with van der Waals surface area (Å²) in [5.74, 6) is 4.12. The molecule has 0 saturated carbocycles. The van der Waals surface area contributed by atoms with E-state index in [1.165, 1.54) is 12.3 Å². The predicted octanol–water partition coefficient (Wildman–Crippen LogP) is 3.05. The maximum atomic E-state index is 14.2. The van der Waals surface area contributed by atoms with E-state index in [0.717, 1.165) is 29.6 Å². The molecule has 1 aromatic carbocycles. The number of carbonyl (C=O) groups excluding carboxylic acids is 2. The molecule has 0 amide bonds. The molecule has 0 aliphatic carbocycles. The van der Waals surface area contributed by atoms with Crippen LogP contribution in [0.25, 0.3) is 11.3 Å². The van der Waals surface area contributed by atoms with Crippen LogP contribution in [0, 0.1) is 11.6 Å². The van der Waals surface area contributed by atoms with E-state index >= 15 is 0 Å². The van der Waals surface area contributed by atoms with E-state index in [2.05, 4.69) is 45.8 Å². The van der Waals surface area contributed by atoms with Gasteiger partial charge in [-0.05, 0) is 36.4 Å². The van der Waals surface area contributed by atoms with Crippen molar-refractivity contribution in [2.75, 3.05) is 5.73 Å². The normalized spacial score (nSPS) is 11.6. The lowest BCUT2D eigenvalue weighted by Gasteiger charge is -2.17. The minimum absolute atomic E-state index is 0.0492. The number of aromatic nitrogens is 3. The molecule has 0 atom stereocenters. The third-order valence-electron chi connectivity index (χ3n) is 4.39. The number of hydrogen-bond donors (Lipinski definition) is 2. The molecule has 0 bridgehead atoms. The Labute approximate surface area is 194 Å². The first-order chi connectivity index (χ1) is 16.1. The maximum absolute atomic E-state index is 14.2. The fraction of sp³-hybridized carbons (Fsp3) is 0.217. The summed E-state index contributed by atoms with van der Waals surface area (Å²) >= 11 is 0. The molecule has 34 heavy (non-hydrogen) atoms. The zero-order valence-electron chi connectivity index (χ0n) is 18.8. The van der Waals surface area contributed by atoms with Gasteiger partial charge in [-0.25, -0.2) is 18.7 Å². The number of pyridine rings is 1.